The van der Waals surface area contributed by atoms with Crippen molar-refractivity contribution in [3.63, 3.8) is 0 Å². The third-order valence-electron chi connectivity index (χ3n) is 1.81. The molecule has 0 fully saturated rings. The maximum atomic E-state index is 8.39. The first-order valence-electron chi connectivity index (χ1n) is 3.97. The number of nitrogens with one attached hydrogen (secondary N) is 1. The van der Waals surface area contributed by atoms with Crippen molar-refractivity contribution in [1.29, 1.82) is 5.26 Å². The van der Waals surface area contributed by atoms with Crippen molar-refractivity contribution in [2.45, 2.75) is 19.4 Å². The molecule has 2 heteroatoms. The number of nitrogens with zero attached hydrogens (tertiary/aromatic N) is 1. The number of rotatable bonds is 3. The molecule has 1 aromatic carbocycles. The summed E-state index contributed by atoms with van der Waals surface area (Å²) in [4.78, 5) is 0. The number of nitriles is 1. The summed E-state index contributed by atoms with van der Waals surface area (Å²) in [5.41, 5.74) is 9.41. The SMILES string of the molecule is N#CCCc1ccccc1C[NH]. The summed E-state index contributed by atoms with van der Waals surface area (Å²) < 4.78 is 0. The highest BCUT2D eigenvalue weighted by molar-refractivity contribution is 5.27. The van der Waals surface area contributed by atoms with E-state index in [4.69, 9.17) is 11.0 Å². The van der Waals surface area contributed by atoms with Gasteiger partial charge >= 0.3 is 0 Å². The zero-order valence-corrected chi connectivity index (χ0v) is 6.88. The van der Waals surface area contributed by atoms with Gasteiger partial charge in [-0.1, -0.05) is 24.3 Å². The summed E-state index contributed by atoms with van der Waals surface area (Å²) in [6, 6.07) is 9.92. The zero-order chi connectivity index (χ0) is 8.81. The minimum Gasteiger partial charge on any atom is -0.253 e. The number of aryl methyl sites for hydroxylation is 1. The van der Waals surface area contributed by atoms with Crippen molar-refractivity contribution < 1.29 is 0 Å². The first kappa shape index (κ1) is 8.76. The van der Waals surface area contributed by atoms with Crippen LogP contribution in [0.4, 0.5) is 0 Å². The van der Waals surface area contributed by atoms with E-state index in [0.29, 0.717) is 13.0 Å². The normalized spacial score (nSPS) is 9.33. The minimum atomic E-state index is 0.307. The fraction of sp³-hybridized carbons (Fsp3) is 0.300. The molecule has 0 heterocycles. The lowest BCUT2D eigenvalue weighted by Gasteiger charge is -2.03. The lowest BCUT2D eigenvalue weighted by atomic mass is 10.0. The van der Waals surface area contributed by atoms with Crippen LogP contribution in [0, 0.1) is 11.3 Å². The average molecular weight is 159 g/mol. The van der Waals surface area contributed by atoms with Crippen LogP contribution in [0.2, 0.25) is 0 Å². The van der Waals surface area contributed by atoms with Gasteiger partial charge in [-0.25, -0.2) is 0 Å². The third-order valence-corrected chi connectivity index (χ3v) is 1.81. The Kier molecular flexibility index (Phi) is 3.31. The number of benzene rings is 1. The fourth-order valence-electron chi connectivity index (χ4n) is 1.16. The summed E-state index contributed by atoms with van der Waals surface area (Å²) in [5, 5.41) is 8.39. The van der Waals surface area contributed by atoms with Gasteiger partial charge in [-0.05, 0) is 17.5 Å². The van der Waals surface area contributed by atoms with Crippen LogP contribution in [0.5, 0.6) is 0 Å². The van der Waals surface area contributed by atoms with Crippen LogP contribution in [-0.2, 0) is 13.0 Å². The molecular weight excluding hydrogens is 148 g/mol. The van der Waals surface area contributed by atoms with E-state index in [1.54, 1.807) is 0 Å². The molecule has 0 amide bonds. The number of hydrogen-bond acceptors (Lipinski definition) is 1. The van der Waals surface area contributed by atoms with E-state index in [0.717, 1.165) is 17.5 Å². The molecule has 0 aliphatic heterocycles. The predicted molar refractivity (Wildman–Crippen MR) is 47.2 cm³/mol. The molecule has 0 saturated heterocycles. The van der Waals surface area contributed by atoms with E-state index >= 15 is 0 Å². The van der Waals surface area contributed by atoms with Gasteiger partial charge in [0.05, 0.1) is 6.07 Å². The van der Waals surface area contributed by atoms with Crippen LogP contribution in [-0.4, -0.2) is 0 Å². The van der Waals surface area contributed by atoms with Crippen molar-refractivity contribution in [3.8, 4) is 6.07 Å². The molecule has 61 valence electrons. The van der Waals surface area contributed by atoms with E-state index in [1.807, 2.05) is 24.3 Å². The van der Waals surface area contributed by atoms with Gasteiger partial charge in [-0.15, -0.1) is 0 Å². The Morgan fingerprint density at radius 1 is 1.25 bits per heavy atom. The summed E-state index contributed by atoms with van der Waals surface area (Å²) in [6.07, 6.45) is 1.31. The number of hydrogen-bond donors (Lipinski definition) is 0. The zero-order valence-electron chi connectivity index (χ0n) is 6.88. The molecular formula is C10H11N2. The Labute approximate surface area is 72.6 Å². The second kappa shape index (κ2) is 4.53. The van der Waals surface area contributed by atoms with E-state index in [2.05, 4.69) is 6.07 Å². The van der Waals surface area contributed by atoms with Gasteiger partial charge in [0.25, 0.3) is 0 Å². The van der Waals surface area contributed by atoms with Gasteiger partial charge in [0.15, 0.2) is 0 Å². The smallest absolute Gasteiger partial charge is 0.0625 e. The van der Waals surface area contributed by atoms with Gasteiger partial charge < -0.3 is 0 Å². The van der Waals surface area contributed by atoms with Gasteiger partial charge in [0.2, 0.25) is 0 Å². The maximum Gasteiger partial charge on any atom is 0.0625 e. The standard InChI is InChI=1S/C10H11N2/c11-7-3-6-9-4-1-2-5-10(9)8-12/h1-2,4-5,12H,3,6,8H2. The Balaban J connectivity index is 2.76. The van der Waals surface area contributed by atoms with E-state index in [9.17, 15) is 0 Å². The molecule has 0 bridgehead atoms. The Morgan fingerprint density at radius 2 is 1.92 bits per heavy atom. The topological polar surface area (TPSA) is 47.6 Å². The quantitative estimate of drug-likeness (QED) is 0.664. The molecule has 0 spiro atoms. The largest absolute Gasteiger partial charge is 0.253 e. The highest BCUT2D eigenvalue weighted by Crippen LogP contribution is 2.09. The molecule has 1 N–H and O–H groups in total. The molecule has 0 unspecified atom stereocenters. The van der Waals surface area contributed by atoms with E-state index < -0.39 is 0 Å². The van der Waals surface area contributed by atoms with Crippen molar-refractivity contribution in [1.82, 2.24) is 5.73 Å². The molecule has 12 heavy (non-hydrogen) atoms. The fourth-order valence-corrected chi connectivity index (χ4v) is 1.16. The average Bonchev–Trinajstić information content (AvgIpc) is 2.15. The summed E-state index contributed by atoms with van der Waals surface area (Å²) in [7, 11) is 0. The Morgan fingerprint density at radius 3 is 2.50 bits per heavy atom. The molecule has 0 saturated carbocycles. The summed E-state index contributed by atoms with van der Waals surface area (Å²) >= 11 is 0. The third kappa shape index (κ3) is 2.08. The van der Waals surface area contributed by atoms with Gasteiger partial charge in [-0.2, -0.15) is 5.26 Å². The van der Waals surface area contributed by atoms with Crippen LogP contribution in [0.25, 0.3) is 0 Å². The Hall–Kier alpha value is -1.33. The van der Waals surface area contributed by atoms with Crippen molar-refractivity contribution in [2.24, 2.45) is 0 Å². The van der Waals surface area contributed by atoms with Gasteiger partial charge in [0.1, 0.15) is 0 Å². The lowest BCUT2D eigenvalue weighted by Crippen LogP contribution is -1.93. The molecule has 0 aliphatic carbocycles. The van der Waals surface area contributed by atoms with E-state index in [-0.39, 0.29) is 0 Å². The van der Waals surface area contributed by atoms with Crippen LogP contribution in [0.1, 0.15) is 17.5 Å². The van der Waals surface area contributed by atoms with Crippen LogP contribution < -0.4 is 5.73 Å². The molecule has 2 nitrogen and oxygen atoms in total. The Bertz CT molecular complexity index is 286. The molecule has 0 aromatic heterocycles. The highest BCUT2D eigenvalue weighted by atomic mass is 14.5. The summed E-state index contributed by atoms with van der Waals surface area (Å²) in [5.74, 6) is 0. The maximum absolute atomic E-state index is 8.39. The molecule has 1 aromatic rings. The lowest BCUT2D eigenvalue weighted by molar-refractivity contribution is 0.939. The molecule has 0 aliphatic rings. The minimum absolute atomic E-state index is 0.307. The first-order valence-corrected chi connectivity index (χ1v) is 3.97. The highest BCUT2D eigenvalue weighted by Gasteiger charge is 1.98. The second-order valence-electron chi connectivity index (χ2n) is 2.60. The van der Waals surface area contributed by atoms with Crippen LogP contribution in [0.3, 0.4) is 0 Å². The summed E-state index contributed by atoms with van der Waals surface area (Å²) in [6.45, 7) is 0.307. The first-order chi connectivity index (χ1) is 5.88. The van der Waals surface area contributed by atoms with Crippen molar-refractivity contribution in [2.75, 3.05) is 0 Å². The van der Waals surface area contributed by atoms with Crippen molar-refractivity contribution in [3.05, 3.63) is 35.4 Å². The molecule has 1 rings (SSSR count). The van der Waals surface area contributed by atoms with Crippen molar-refractivity contribution >= 4 is 0 Å². The monoisotopic (exact) mass is 159 g/mol. The molecule has 0 atom stereocenters. The molecule has 1 radical (unpaired) electrons. The van der Waals surface area contributed by atoms with Gasteiger partial charge in [0, 0.05) is 13.0 Å². The van der Waals surface area contributed by atoms with Crippen LogP contribution in [0.15, 0.2) is 24.3 Å². The van der Waals surface area contributed by atoms with Crippen LogP contribution >= 0.6 is 0 Å². The predicted octanol–water partition coefficient (Wildman–Crippen LogP) is 1.93. The van der Waals surface area contributed by atoms with E-state index in [1.165, 1.54) is 0 Å². The van der Waals surface area contributed by atoms with Gasteiger partial charge in [-0.3, -0.25) is 5.73 Å². The second-order valence-corrected chi connectivity index (χ2v) is 2.60.